The summed E-state index contributed by atoms with van der Waals surface area (Å²) in [6.07, 6.45) is 9.29. The summed E-state index contributed by atoms with van der Waals surface area (Å²) in [5.74, 6) is 2.70. The summed E-state index contributed by atoms with van der Waals surface area (Å²) in [5.41, 5.74) is 8.19. The van der Waals surface area contributed by atoms with Gasteiger partial charge < -0.3 is 8.83 Å². The first kappa shape index (κ1) is 28.3. The zero-order valence-corrected chi connectivity index (χ0v) is 26.7. The molecule has 0 spiro atoms. The van der Waals surface area contributed by atoms with E-state index in [1.807, 2.05) is 97.1 Å². The lowest BCUT2D eigenvalue weighted by Gasteiger charge is -2.13. The molecule has 1 aliphatic carbocycles. The molecule has 4 heterocycles. The van der Waals surface area contributed by atoms with Crippen LogP contribution in [-0.4, -0.2) is 24.9 Å². The van der Waals surface area contributed by atoms with Crippen LogP contribution < -0.4 is 0 Å². The number of hydrogen-bond donors (Lipinski definition) is 0. The molecule has 0 bridgehead atoms. The Labute approximate surface area is 286 Å². The molecular weight excluding hydrogens is 619 g/mol. The van der Waals surface area contributed by atoms with E-state index >= 15 is 0 Å². The predicted octanol–water partition coefficient (Wildman–Crippen LogP) is 10.7. The van der Waals surface area contributed by atoms with Crippen LogP contribution in [0.5, 0.6) is 0 Å². The Morgan fingerprint density at radius 3 is 1.90 bits per heavy atom. The molecule has 0 radical (unpaired) electrons. The minimum atomic E-state index is 0.0883. The second kappa shape index (κ2) is 11.5. The topological polar surface area (TPSA) is 90.7 Å². The van der Waals surface area contributed by atoms with Gasteiger partial charge in [0.05, 0.1) is 0 Å². The van der Waals surface area contributed by atoms with Crippen LogP contribution in [0.25, 0.3) is 89.4 Å². The Morgan fingerprint density at radius 2 is 1.16 bits per heavy atom. The molecular formula is C43H27N5O2. The SMILES string of the molecule is C1=CCC(c2nc(-c3ccc4c(c3)oc3ccc(-c5nc(-c6ccccc6)nc(-c6ccccc6)n5)cc34)c3oc4ccccc4c3n2)C=C1. The quantitative estimate of drug-likeness (QED) is 0.184. The number of nitrogens with zero attached hydrogens (tertiary/aromatic N) is 5. The number of para-hydroxylation sites is 1. The average Bonchev–Trinajstić information content (AvgIpc) is 3.76. The van der Waals surface area contributed by atoms with E-state index in [1.54, 1.807) is 0 Å². The van der Waals surface area contributed by atoms with Gasteiger partial charge in [-0.15, -0.1) is 0 Å². The number of benzene rings is 5. The molecule has 4 aromatic heterocycles. The van der Waals surface area contributed by atoms with Gasteiger partial charge in [-0.2, -0.15) is 0 Å². The molecule has 9 aromatic rings. The number of furan rings is 2. The second-order valence-corrected chi connectivity index (χ2v) is 12.4. The van der Waals surface area contributed by atoms with Gasteiger partial charge in [0.1, 0.15) is 33.8 Å². The summed E-state index contributed by atoms with van der Waals surface area (Å²) in [4.78, 5) is 24.9. The van der Waals surface area contributed by atoms with Crippen molar-refractivity contribution in [1.82, 2.24) is 24.9 Å². The molecule has 1 aliphatic rings. The van der Waals surface area contributed by atoms with E-state index in [-0.39, 0.29) is 5.92 Å². The molecule has 7 nitrogen and oxygen atoms in total. The van der Waals surface area contributed by atoms with E-state index in [0.717, 1.165) is 78.6 Å². The van der Waals surface area contributed by atoms with Crippen LogP contribution in [0, 0.1) is 0 Å². The Kier molecular flexibility index (Phi) is 6.48. The Balaban J connectivity index is 1.11. The van der Waals surface area contributed by atoms with Gasteiger partial charge >= 0.3 is 0 Å². The van der Waals surface area contributed by atoms with E-state index in [4.69, 9.17) is 33.8 Å². The van der Waals surface area contributed by atoms with Crippen molar-refractivity contribution in [2.45, 2.75) is 12.3 Å². The molecule has 0 fully saturated rings. The van der Waals surface area contributed by atoms with Crippen molar-refractivity contribution in [3.8, 4) is 45.4 Å². The van der Waals surface area contributed by atoms with Crippen LogP contribution in [-0.2, 0) is 0 Å². The van der Waals surface area contributed by atoms with Crippen LogP contribution in [0.3, 0.4) is 0 Å². The molecule has 0 saturated heterocycles. The summed E-state index contributed by atoms with van der Waals surface area (Å²) in [5, 5.41) is 2.94. The zero-order chi connectivity index (χ0) is 33.0. The lowest BCUT2D eigenvalue weighted by Crippen LogP contribution is -2.04. The fraction of sp³-hybridized carbons (Fsp3) is 0.0465. The molecule has 10 rings (SSSR count). The van der Waals surface area contributed by atoms with Gasteiger partial charge in [0.25, 0.3) is 0 Å². The highest BCUT2D eigenvalue weighted by Gasteiger charge is 2.22. The molecule has 5 aromatic carbocycles. The lowest BCUT2D eigenvalue weighted by atomic mass is 9.99. The molecule has 7 heteroatoms. The minimum absolute atomic E-state index is 0.0883. The van der Waals surface area contributed by atoms with Crippen molar-refractivity contribution >= 4 is 44.0 Å². The third kappa shape index (κ3) is 4.78. The normalized spacial score (nSPS) is 14.4. The standard InChI is InChI=1S/C43H27N5O2/c1-4-12-26(13-5-1)40-44-37(39-38(45-40)32-18-10-11-19-34(32)50-39)29-20-22-31-33-24-30(21-23-35(33)49-36(31)25-29)43-47-41(27-14-6-2-7-15-27)46-42(48-43)28-16-8-3-9-17-28/h1-12,14-26H,13H2. The van der Waals surface area contributed by atoms with Gasteiger partial charge in [-0.05, 0) is 48.9 Å². The molecule has 1 unspecified atom stereocenters. The third-order valence-corrected chi connectivity index (χ3v) is 9.25. The maximum Gasteiger partial charge on any atom is 0.180 e. The monoisotopic (exact) mass is 645 g/mol. The maximum atomic E-state index is 6.46. The van der Waals surface area contributed by atoms with Crippen LogP contribution >= 0.6 is 0 Å². The van der Waals surface area contributed by atoms with Crippen molar-refractivity contribution < 1.29 is 8.83 Å². The van der Waals surface area contributed by atoms with Crippen molar-refractivity contribution in [3.05, 3.63) is 151 Å². The van der Waals surface area contributed by atoms with E-state index in [0.29, 0.717) is 23.1 Å². The average molecular weight is 646 g/mol. The van der Waals surface area contributed by atoms with Crippen molar-refractivity contribution in [2.75, 3.05) is 0 Å². The first-order valence-electron chi connectivity index (χ1n) is 16.6. The smallest absolute Gasteiger partial charge is 0.180 e. The molecule has 0 saturated carbocycles. The second-order valence-electron chi connectivity index (χ2n) is 12.4. The number of fused-ring (bicyclic) bond motifs is 6. The highest BCUT2D eigenvalue weighted by atomic mass is 16.3. The van der Waals surface area contributed by atoms with E-state index < -0.39 is 0 Å². The first-order chi connectivity index (χ1) is 24.7. The molecule has 0 aliphatic heterocycles. The van der Waals surface area contributed by atoms with Crippen molar-refractivity contribution in [2.24, 2.45) is 0 Å². The summed E-state index contributed by atoms with van der Waals surface area (Å²) in [6.45, 7) is 0. The highest BCUT2D eigenvalue weighted by molar-refractivity contribution is 6.09. The van der Waals surface area contributed by atoms with Crippen LogP contribution in [0.4, 0.5) is 0 Å². The maximum absolute atomic E-state index is 6.46. The first-order valence-corrected chi connectivity index (χ1v) is 16.6. The summed E-state index contributed by atoms with van der Waals surface area (Å²) in [6, 6.07) is 40.3. The Morgan fingerprint density at radius 1 is 0.480 bits per heavy atom. The Bertz CT molecular complexity index is 2740. The Hall–Kier alpha value is -6.73. The van der Waals surface area contributed by atoms with Crippen LogP contribution in [0.15, 0.2) is 154 Å². The van der Waals surface area contributed by atoms with Gasteiger partial charge in [0, 0.05) is 44.3 Å². The fourth-order valence-corrected chi connectivity index (χ4v) is 6.74. The molecule has 236 valence electrons. The van der Waals surface area contributed by atoms with E-state index in [1.165, 1.54) is 0 Å². The lowest BCUT2D eigenvalue weighted by molar-refractivity contribution is 0.663. The van der Waals surface area contributed by atoms with Crippen LogP contribution in [0.2, 0.25) is 0 Å². The number of aromatic nitrogens is 5. The van der Waals surface area contributed by atoms with Crippen molar-refractivity contribution in [3.63, 3.8) is 0 Å². The number of allylic oxidation sites excluding steroid dienone is 4. The molecule has 0 amide bonds. The summed E-state index contributed by atoms with van der Waals surface area (Å²) >= 11 is 0. The minimum Gasteiger partial charge on any atom is -0.456 e. The van der Waals surface area contributed by atoms with Gasteiger partial charge in [0.2, 0.25) is 0 Å². The predicted molar refractivity (Wildman–Crippen MR) is 197 cm³/mol. The van der Waals surface area contributed by atoms with Gasteiger partial charge in [-0.25, -0.2) is 24.9 Å². The molecule has 0 N–H and O–H groups in total. The number of hydrogen-bond acceptors (Lipinski definition) is 7. The summed E-state index contributed by atoms with van der Waals surface area (Å²) < 4.78 is 12.9. The molecule has 50 heavy (non-hydrogen) atoms. The number of rotatable bonds is 5. The van der Waals surface area contributed by atoms with Gasteiger partial charge in [-0.1, -0.05) is 103 Å². The molecule has 1 atom stereocenters. The van der Waals surface area contributed by atoms with E-state index in [9.17, 15) is 0 Å². The highest BCUT2D eigenvalue weighted by Crippen LogP contribution is 2.39. The largest absolute Gasteiger partial charge is 0.456 e. The summed E-state index contributed by atoms with van der Waals surface area (Å²) in [7, 11) is 0. The van der Waals surface area contributed by atoms with Gasteiger partial charge in [-0.3, -0.25) is 0 Å². The van der Waals surface area contributed by atoms with Gasteiger partial charge in [0.15, 0.2) is 23.1 Å². The van der Waals surface area contributed by atoms with Crippen molar-refractivity contribution in [1.29, 1.82) is 0 Å². The van der Waals surface area contributed by atoms with Crippen LogP contribution in [0.1, 0.15) is 18.2 Å². The van der Waals surface area contributed by atoms with E-state index in [2.05, 4.69) is 48.6 Å². The zero-order valence-electron chi connectivity index (χ0n) is 26.7. The third-order valence-electron chi connectivity index (χ3n) is 9.25. The fourth-order valence-electron chi connectivity index (χ4n) is 6.74.